The maximum absolute atomic E-state index is 12.3. The van der Waals surface area contributed by atoms with E-state index >= 15 is 0 Å². The summed E-state index contributed by atoms with van der Waals surface area (Å²) < 4.78 is 17.9. The predicted octanol–water partition coefficient (Wildman–Crippen LogP) is 3.93. The zero-order chi connectivity index (χ0) is 18.5. The van der Waals surface area contributed by atoms with Crippen molar-refractivity contribution in [3.05, 3.63) is 63.1 Å². The molecular formula is C18H17ClN2O3S2. The summed E-state index contributed by atoms with van der Waals surface area (Å²) in [5, 5.41) is 5.36. The Morgan fingerprint density at radius 1 is 1.31 bits per heavy atom. The van der Waals surface area contributed by atoms with Gasteiger partial charge in [0.2, 0.25) is 11.8 Å². The number of aromatic nitrogens is 1. The van der Waals surface area contributed by atoms with Gasteiger partial charge in [-0.05, 0) is 42.6 Å². The topological polar surface area (TPSA) is 72.2 Å². The van der Waals surface area contributed by atoms with E-state index < -0.39 is 10.8 Å². The Bertz CT molecular complexity index is 905. The zero-order valence-electron chi connectivity index (χ0n) is 14.0. The van der Waals surface area contributed by atoms with Crippen LogP contribution in [-0.2, 0) is 27.9 Å². The minimum Gasteiger partial charge on any atom is -0.441 e. The van der Waals surface area contributed by atoms with Gasteiger partial charge < -0.3 is 9.73 Å². The second-order valence-corrected chi connectivity index (χ2v) is 8.54. The van der Waals surface area contributed by atoms with Crippen LogP contribution in [0.15, 0.2) is 46.2 Å². The molecule has 0 spiro atoms. The third-order valence-electron chi connectivity index (χ3n) is 3.61. The van der Waals surface area contributed by atoms with Crippen LogP contribution < -0.4 is 5.32 Å². The largest absolute Gasteiger partial charge is 0.441 e. The molecule has 0 saturated heterocycles. The summed E-state index contributed by atoms with van der Waals surface area (Å²) in [5.74, 6) is 0.926. The standard InChI is InChI=1S/C18H17ClN2O3S2/c1-12-16(21-18(24-12)13-4-6-14(19)7-5-13)10-26(23)11-17(22)20-9-15-3-2-8-25-15/h2-8H,9-11H2,1H3,(H,20,22)/t26-/m0/s1. The summed E-state index contributed by atoms with van der Waals surface area (Å²) >= 11 is 7.45. The van der Waals surface area contributed by atoms with Crippen molar-refractivity contribution in [2.24, 2.45) is 0 Å². The second-order valence-electron chi connectivity index (χ2n) is 5.61. The molecule has 0 radical (unpaired) electrons. The molecule has 3 rings (SSSR count). The lowest BCUT2D eigenvalue weighted by Gasteiger charge is -2.03. The normalized spacial score (nSPS) is 12.1. The number of carbonyl (C=O) groups excluding carboxylic acids is 1. The highest BCUT2D eigenvalue weighted by Crippen LogP contribution is 2.24. The second kappa shape index (κ2) is 8.62. The third-order valence-corrected chi connectivity index (χ3v) is 5.92. The molecule has 0 fully saturated rings. The zero-order valence-corrected chi connectivity index (χ0v) is 16.4. The number of benzene rings is 1. The number of amides is 1. The van der Waals surface area contributed by atoms with Gasteiger partial charge in [0.1, 0.15) is 11.5 Å². The maximum atomic E-state index is 12.3. The number of rotatable bonds is 7. The van der Waals surface area contributed by atoms with Gasteiger partial charge in [0, 0.05) is 26.3 Å². The van der Waals surface area contributed by atoms with E-state index in [4.69, 9.17) is 16.0 Å². The Kier molecular flexibility index (Phi) is 6.24. The minimum absolute atomic E-state index is 0.0616. The highest BCUT2D eigenvalue weighted by Gasteiger charge is 2.16. The number of hydrogen-bond acceptors (Lipinski definition) is 5. The average Bonchev–Trinajstić information content (AvgIpc) is 3.24. The molecule has 1 N–H and O–H groups in total. The Morgan fingerprint density at radius 3 is 2.77 bits per heavy atom. The quantitative estimate of drug-likeness (QED) is 0.642. The molecular weight excluding hydrogens is 392 g/mol. The van der Waals surface area contributed by atoms with Crippen molar-refractivity contribution in [3.8, 4) is 11.5 Å². The molecule has 0 unspecified atom stereocenters. The molecule has 1 aromatic carbocycles. The Morgan fingerprint density at radius 2 is 2.08 bits per heavy atom. The number of aryl methyl sites for hydroxylation is 1. The summed E-state index contributed by atoms with van der Waals surface area (Å²) in [5.41, 5.74) is 1.39. The third kappa shape index (κ3) is 5.03. The van der Waals surface area contributed by atoms with Gasteiger partial charge in [-0.2, -0.15) is 0 Å². The van der Waals surface area contributed by atoms with E-state index in [0.717, 1.165) is 10.4 Å². The first-order valence-electron chi connectivity index (χ1n) is 7.87. The molecule has 2 aromatic heterocycles. The molecule has 2 heterocycles. The van der Waals surface area contributed by atoms with Gasteiger partial charge in [0.05, 0.1) is 18.0 Å². The molecule has 3 aromatic rings. The van der Waals surface area contributed by atoms with Crippen molar-refractivity contribution in [2.45, 2.75) is 19.2 Å². The fourth-order valence-electron chi connectivity index (χ4n) is 2.28. The number of nitrogens with one attached hydrogen (secondary N) is 1. The first kappa shape index (κ1) is 18.8. The van der Waals surface area contributed by atoms with Crippen LogP contribution in [0, 0.1) is 6.92 Å². The number of nitrogens with zero attached hydrogens (tertiary/aromatic N) is 1. The van der Waals surface area contributed by atoms with E-state index in [1.807, 2.05) is 29.6 Å². The van der Waals surface area contributed by atoms with Gasteiger partial charge in [-0.25, -0.2) is 4.98 Å². The Labute approximate surface area is 162 Å². The molecule has 136 valence electrons. The molecule has 0 bridgehead atoms. The van der Waals surface area contributed by atoms with Crippen molar-refractivity contribution in [3.63, 3.8) is 0 Å². The van der Waals surface area contributed by atoms with E-state index in [1.165, 1.54) is 0 Å². The van der Waals surface area contributed by atoms with Crippen LogP contribution in [0.3, 0.4) is 0 Å². The van der Waals surface area contributed by atoms with Crippen molar-refractivity contribution in [1.29, 1.82) is 0 Å². The maximum Gasteiger partial charge on any atom is 0.232 e. The van der Waals surface area contributed by atoms with Crippen molar-refractivity contribution in [2.75, 3.05) is 5.75 Å². The molecule has 1 atom stereocenters. The van der Waals surface area contributed by atoms with E-state index in [1.54, 1.807) is 30.4 Å². The fraction of sp³-hybridized carbons (Fsp3) is 0.222. The van der Waals surface area contributed by atoms with Crippen LogP contribution in [0.25, 0.3) is 11.5 Å². The van der Waals surface area contributed by atoms with Gasteiger partial charge in [0.15, 0.2) is 0 Å². The SMILES string of the molecule is Cc1oc(-c2ccc(Cl)cc2)nc1C[S@](=O)CC(=O)NCc1cccs1. The minimum atomic E-state index is -1.36. The lowest BCUT2D eigenvalue weighted by atomic mass is 10.2. The van der Waals surface area contributed by atoms with Gasteiger partial charge in [-0.1, -0.05) is 17.7 Å². The summed E-state index contributed by atoms with van der Waals surface area (Å²) in [6.07, 6.45) is 0. The first-order valence-corrected chi connectivity index (χ1v) is 10.6. The van der Waals surface area contributed by atoms with Gasteiger partial charge in [-0.15, -0.1) is 11.3 Å². The van der Waals surface area contributed by atoms with Crippen molar-refractivity contribution >= 4 is 39.6 Å². The first-order chi connectivity index (χ1) is 12.5. The van der Waals surface area contributed by atoms with Crippen LogP contribution >= 0.6 is 22.9 Å². The van der Waals surface area contributed by atoms with E-state index in [2.05, 4.69) is 10.3 Å². The van der Waals surface area contributed by atoms with Crippen LogP contribution in [-0.4, -0.2) is 20.9 Å². The Hall–Kier alpha value is -1.96. The summed E-state index contributed by atoms with van der Waals surface area (Å²) in [6.45, 7) is 2.23. The molecule has 1 amide bonds. The fourth-order valence-corrected chi connectivity index (χ4v) is 4.12. The van der Waals surface area contributed by atoms with Gasteiger partial charge in [0.25, 0.3) is 0 Å². The van der Waals surface area contributed by atoms with Gasteiger partial charge in [-0.3, -0.25) is 9.00 Å². The smallest absolute Gasteiger partial charge is 0.232 e. The molecule has 0 saturated carbocycles. The number of carbonyl (C=O) groups is 1. The van der Waals surface area contributed by atoms with Crippen LogP contribution in [0.4, 0.5) is 0 Å². The highest BCUT2D eigenvalue weighted by molar-refractivity contribution is 7.84. The predicted molar refractivity (Wildman–Crippen MR) is 105 cm³/mol. The molecule has 0 aliphatic carbocycles. The van der Waals surface area contributed by atoms with E-state index in [9.17, 15) is 9.00 Å². The van der Waals surface area contributed by atoms with Crippen LogP contribution in [0.2, 0.25) is 5.02 Å². The molecule has 5 nitrogen and oxygen atoms in total. The van der Waals surface area contributed by atoms with E-state index in [0.29, 0.717) is 28.9 Å². The lowest BCUT2D eigenvalue weighted by molar-refractivity contribution is -0.118. The monoisotopic (exact) mass is 408 g/mol. The van der Waals surface area contributed by atoms with Crippen LogP contribution in [0.1, 0.15) is 16.3 Å². The summed E-state index contributed by atoms with van der Waals surface area (Å²) in [6, 6.07) is 11.0. The van der Waals surface area contributed by atoms with E-state index in [-0.39, 0.29) is 17.4 Å². The number of hydrogen-bond donors (Lipinski definition) is 1. The molecule has 26 heavy (non-hydrogen) atoms. The summed E-state index contributed by atoms with van der Waals surface area (Å²) in [7, 11) is -1.36. The van der Waals surface area contributed by atoms with Crippen molar-refractivity contribution in [1.82, 2.24) is 10.3 Å². The van der Waals surface area contributed by atoms with Crippen LogP contribution in [0.5, 0.6) is 0 Å². The summed E-state index contributed by atoms with van der Waals surface area (Å²) in [4.78, 5) is 17.4. The number of oxazole rings is 1. The molecule has 8 heteroatoms. The average molecular weight is 409 g/mol. The number of thiophene rings is 1. The molecule has 0 aliphatic heterocycles. The van der Waals surface area contributed by atoms with Gasteiger partial charge >= 0.3 is 0 Å². The lowest BCUT2D eigenvalue weighted by Crippen LogP contribution is -2.28. The highest BCUT2D eigenvalue weighted by atomic mass is 35.5. The Balaban J connectivity index is 1.57. The molecule has 0 aliphatic rings. The van der Waals surface area contributed by atoms with Crippen molar-refractivity contribution < 1.29 is 13.4 Å². The number of halogens is 1.